The third-order valence-corrected chi connectivity index (χ3v) is 7.31. The first-order chi connectivity index (χ1) is 13.7. The number of rotatable bonds is 4. The summed E-state index contributed by atoms with van der Waals surface area (Å²) >= 11 is 0. The topological polar surface area (TPSA) is 58.8 Å². The van der Waals surface area contributed by atoms with Crippen molar-refractivity contribution in [3.8, 4) is 5.88 Å². The fraction of sp³-hybridized carbons (Fsp3) is 0.727. The minimum Gasteiger partial charge on any atom is -0.479 e. The van der Waals surface area contributed by atoms with Crippen LogP contribution in [0.15, 0.2) is 22.2 Å². The van der Waals surface area contributed by atoms with E-state index in [-0.39, 0.29) is 5.91 Å². The van der Waals surface area contributed by atoms with Crippen molar-refractivity contribution in [3.05, 3.63) is 23.5 Å². The first-order valence-electron chi connectivity index (χ1n) is 11.0. The first kappa shape index (κ1) is 18.2. The Balaban J connectivity index is 1.30. The van der Waals surface area contributed by atoms with Gasteiger partial charge in [-0.2, -0.15) is 0 Å². The van der Waals surface area contributed by atoms with E-state index in [1.807, 2.05) is 0 Å². The van der Waals surface area contributed by atoms with Gasteiger partial charge in [0.2, 0.25) is 5.91 Å². The molecule has 3 fully saturated rings. The van der Waals surface area contributed by atoms with Crippen molar-refractivity contribution in [1.82, 2.24) is 15.0 Å². The Hall–Kier alpha value is -1.82. The zero-order valence-corrected chi connectivity index (χ0v) is 16.8. The minimum atomic E-state index is 0.255. The average molecular weight is 386 g/mol. The Morgan fingerprint density at radius 3 is 3.11 bits per heavy atom. The Kier molecular flexibility index (Phi) is 4.91. The number of aryl methyl sites for hydroxylation is 1. The molecule has 0 N–H and O–H groups in total. The Morgan fingerprint density at radius 2 is 2.25 bits per heavy atom. The molecule has 3 saturated heterocycles. The molecule has 4 heterocycles. The quantitative estimate of drug-likeness (QED) is 0.746. The number of nitrogens with zero attached hydrogens (tertiary/aromatic N) is 3. The predicted molar refractivity (Wildman–Crippen MR) is 105 cm³/mol. The standard InChI is InChI=1S/C22H31N3O3/c1-27-20-13-18(28-23-20)7-8-21(26)25-10-4-5-15-11-16-12-17(22(15)25)14-24-9-3-2-6-19(16)24/h11,13,16-17,19,22H,2-10,12,14H2,1H3/t16-,17-,19-,22+/m0/s1. The van der Waals surface area contributed by atoms with Gasteiger partial charge in [-0.05, 0) is 55.6 Å². The zero-order chi connectivity index (χ0) is 19.1. The maximum atomic E-state index is 13.1. The van der Waals surface area contributed by atoms with E-state index in [0.717, 1.165) is 24.8 Å². The number of carbonyl (C=O) groups excluding carboxylic acids is 1. The summed E-state index contributed by atoms with van der Waals surface area (Å²) in [5.41, 5.74) is 1.55. The molecule has 0 saturated carbocycles. The van der Waals surface area contributed by atoms with Crippen molar-refractivity contribution in [2.24, 2.45) is 11.8 Å². The van der Waals surface area contributed by atoms with Crippen LogP contribution >= 0.6 is 0 Å². The van der Waals surface area contributed by atoms with Crippen molar-refractivity contribution in [1.29, 1.82) is 0 Å². The summed E-state index contributed by atoms with van der Waals surface area (Å²) < 4.78 is 10.3. The van der Waals surface area contributed by atoms with Crippen LogP contribution in [0.3, 0.4) is 0 Å². The van der Waals surface area contributed by atoms with Gasteiger partial charge >= 0.3 is 0 Å². The molecule has 2 bridgehead atoms. The van der Waals surface area contributed by atoms with Crippen LogP contribution < -0.4 is 4.74 Å². The van der Waals surface area contributed by atoms with E-state index in [9.17, 15) is 4.79 Å². The minimum absolute atomic E-state index is 0.255. The number of hydrogen-bond donors (Lipinski definition) is 0. The van der Waals surface area contributed by atoms with Crippen LogP contribution in [0.2, 0.25) is 0 Å². The summed E-state index contributed by atoms with van der Waals surface area (Å²) in [6.07, 6.45) is 11.2. The molecule has 6 heteroatoms. The van der Waals surface area contributed by atoms with E-state index in [0.29, 0.717) is 36.6 Å². The Bertz CT molecular complexity index is 758. The maximum Gasteiger partial charge on any atom is 0.254 e. The molecule has 4 atom stereocenters. The largest absolute Gasteiger partial charge is 0.479 e. The number of aromatic nitrogens is 1. The fourth-order valence-electron chi connectivity index (χ4n) is 6.13. The molecule has 0 aromatic carbocycles. The number of methoxy groups -OCH3 is 1. The van der Waals surface area contributed by atoms with Gasteiger partial charge in [0.25, 0.3) is 5.88 Å². The summed E-state index contributed by atoms with van der Waals surface area (Å²) in [7, 11) is 1.57. The van der Waals surface area contributed by atoms with E-state index < -0.39 is 0 Å². The van der Waals surface area contributed by atoms with Crippen molar-refractivity contribution in [2.45, 2.75) is 63.5 Å². The van der Waals surface area contributed by atoms with Gasteiger partial charge in [0.1, 0.15) is 5.76 Å². The molecule has 1 amide bonds. The number of piperidine rings is 3. The second-order valence-electron chi connectivity index (χ2n) is 8.93. The highest BCUT2D eigenvalue weighted by atomic mass is 16.5. The third kappa shape index (κ3) is 3.25. The molecule has 3 aliphatic heterocycles. The summed E-state index contributed by atoms with van der Waals surface area (Å²) in [5, 5.41) is 3.83. The molecule has 0 radical (unpaired) electrons. The smallest absolute Gasteiger partial charge is 0.254 e. The summed E-state index contributed by atoms with van der Waals surface area (Å²) in [4.78, 5) is 18.1. The predicted octanol–water partition coefficient (Wildman–Crippen LogP) is 3.04. The fourth-order valence-corrected chi connectivity index (χ4v) is 6.13. The summed E-state index contributed by atoms with van der Waals surface area (Å²) in [5.74, 6) is 2.76. The van der Waals surface area contributed by atoms with Crippen molar-refractivity contribution in [2.75, 3.05) is 26.7 Å². The van der Waals surface area contributed by atoms with Gasteiger partial charge in [-0.3, -0.25) is 9.69 Å². The van der Waals surface area contributed by atoms with Crippen LogP contribution in [0.25, 0.3) is 0 Å². The average Bonchev–Trinajstić information content (AvgIpc) is 3.20. The van der Waals surface area contributed by atoms with Gasteiger partial charge in [-0.1, -0.05) is 18.1 Å². The van der Waals surface area contributed by atoms with Crippen LogP contribution in [-0.2, 0) is 11.2 Å². The molecule has 152 valence electrons. The number of hydrogen-bond acceptors (Lipinski definition) is 5. The molecule has 28 heavy (non-hydrogen) atoms. The van der Waals surface area contributed by atoms with Crippen LogP contribution in [-0.4, -0.2) is 59.7 Å². The lowest BCUT2D eigenvalue weighted by molar-refractivity contribution is -0.136. The van der Waals surface area contributed by atoms with Crippen molar-refractivity contribution < 1.29 is 14.1 Å². The summed E-state index contributed by atoms with van der Waals surface area (Å²) in [6.45, 7) is 3.31. The maximum absolute atomic E-state index is 13.1. The number of ether oxygens (including phenoxy) is 1. The van der Waals surface area contributed by atoms with Gasteiger partial charge in [-0.15, -0.1) is 0 Å². The molecule has 5 rings (SSSR count). The van der Waals surface area contributed by atoms with E-state index in [1.54, 1.807) is 18.7 Å². The van der Waals surface area contributed by atoms with Crippen molar-refractivity contribution >= 4 is 5.91 Å². The van der Waals surface area contributed by atoms with Crippen LogP contribution in [0.5, 0.6) is 5.88 Å². The Labute approximate surface area is 166 Å². The molecule has 6 nitrogen and oxygen atoms in total. The molecule has 1 aromatic rings. The van der Waals surface area contributed by atoms with E-state index in [2.05, 4.69) is 21.0 Å². The molecule has 4 aliphatic rings. The van der Waals surface area contributed by atoms with E-state index >= 15 is 0 Å². The Morgan fingerprint density at radius 1 is 1.32 bits per heavy atom. The monoisotopic (exact) mass is 385 g/mol. The zero-order valence-electron chi connectivity index (χ0n) is 16.8. The van der Waals surface area contributed by atoms with Gasteiger partial charge in [0.15, 0.2) is 0 Å². The van der Waals surface area contributed by atoms with Crippen LogP contribution in [0.1, 0.15) is 50.7 Å². The van der Waals surface area contributed by atoms with Gasteiger partial charge in [-0.25, -0.2) is 0 Å². The molecular formula is C22H31N3O3. The van der Waals surface area contributed by atoms with E-state index in [1.165, 1.54) is 45.2 Å². The van der Waals surface area contributed by atoms with Crippen LogP contribution in [0.4, 0.5) is 0 Å². The third-order valence-electron chi connectivity index (χ3n) is 7.31. The van der Waals surface area contributed by atoms with Crippen molar-refractivity contribution in [3.63, 3.8) is 0 Å². The molecule has 1 aliphatic carbocycles. The normalized spacial score (nSPS) is 32.3. The lowest BCUT2D eigenvalue weighted by Crippen LogP contribution is -2.60. The SMILES string of the molecule is COc1cc(CCC(=O)N2CCCC3=C[C@H]4C[C@@H](CN5CCCC[C@@H]45)[C@@H]32)on1. The highest BCUT2D eigenvalue weighted by Crippen LogP contribution is 2.45. The second-order valence-corrected chi connectivity index (χ2v) is 8.93. The highest BCUT2D eigenvalue weighted by Gasteiger charge is 2.46. The number of carbonyl (C=O) groups is 1. The van der Waals surface area contributed by atoms with Crippen LogP contribution in [0, 0.1) is 11.8 Å². The lowest BCUT2D eigenvalue weighted by atomic mass is 9.68. The van der Waals surface area contributed by atoms with Gasteiger partial charge in [0.05, 0.1) is 13.2 Å². The number of fused-ring (bicyclic) bond motifs is 6. The summed E-state index contributed by atoms with van der Waals surface area (Å²) in [6, 6.07) is 2.85. The van der Waals surface area contributed by atoms with Gasteiger partial charge in [0, 0.05) is 38.0 Å². The second kappa shape index (κ2) is 7.54. The van der Waals surface area contributed by atoms with Gasteiger partial charge < -0.3 is 14.2 Å². The molecule has 1 aromatic heterocycles. The molecule has 0 spiro atoms. The first-order valence-corrected chi connectivity index (χ1v) is 11.0. The number of amides is 1. The molecule has 0 unspecified atom stereocenters. The molecular weight excluding hydrogens is 354 g/mol. The van der Waals surface area contributed by atoms with E-state index in [4.69, 9.17) is 9.26 Å². The number of likely N-dealkylation sites (tertiary alicyclic amines) is 1. The highest BCUT2D eigenvalue weighted by molar-refractivity contribution is 5.77. The lowest BCUT2D eigenvalue weighted by Gasteiger charge is -2.54.